The standard InChI is InChI=1S/C16H21N3O2/c1-3-9-17-14(13-7-5-4-6-8-13)12-19-11-10-18(2)15(20)16(19)21/h4-8,10-11,14,17H,3,9,12H2,1-2H3. The lowest BCUT2D eigenvalue weighted by Gasteiger charge is -2.20. The summed E-state index contributed by atoms with van der Waals surface area (Å²) >= 11 is 0. The molecule has 0 saturated heterocycles. The predicted octanol–water partition coefficient (Wildman–Crippen LogP) is 1.29. The zero-order valence-electron chi connectivity index (χ0n) is 12.5. The van der Waals surface area contributed by atoms with Gasteiger partial charge in [-0.05, 0) is 18.5 Å². The van der Waals surface area contributed by atoms with E-state index < -0.39 is 11.1 Å². The van der Waals surface area contributed by atoms with Crippen LogP contribution >= 0.6 is 0 Å². The van der Waals surface area contributed by atoms with E-state index in [2.05, 4.69) is 12.2 Å². The minimum Gasteiger partial charge on any atom is -0.312 e. The number of nitrogens with zero attached hydrogens (tertiary/aromatic N) is 2. The normalized spacial score (nSPS) is 12.3. The second kappa shape index (κ2) is 7.04. The summed E-state index contributed by atoms with van der Waals surface area (Å²) in [6, 6.07) is 9.98. The largest absolute Gasteiger partial charge is 0.316 e. The van der Waals surface area contributed by atoms with Crippen molar-refractivity contribution in [2.45, 2.75) is 25.9 Å². The Balaban J connectivity index is 2.29. The van der Waals surface area contributed by atoms with Crippen molar-refractivity contribution in [2.24, 2.45) is 7.05 Å². The van der Waals surface area contributed by atoms with Crippen LogP contribution in [0.2, 0.25) is 0 Å². The smallest absolute Gasteiger partial charge is 0.312 e. The number of hydrogen-bond acceptors (Lipinski definition) is 3. The summed E-state index contributed by atoms with van der Waals surface area (Å²) < 4.78 is 2.78. The van der Waals surface area contributed by atoms with Gasteiger partial charge in [-0.3, -0.25) is 9.59 Å². The molecular formula is C16H21N3O2. The van der Waals surface area contributed by atoms with Crippen LogP contribution in [0.15, 0.2) is 52.3 Å². The highest BCUT2D eigenvalue weighted by Crippen LogP contribution is 2.14. The molecule has 0 fully saturated rings. The van der Waals surface area contributed by atoms with Crippen LogP contribution in [0, 0.1) is 0 Å². The first-order chi connectivity index (χ1) is 10.1. The van der Waals surface area contributed by atoms with Gasteiger partial charge in [-0.1, -0.05) is 37.3 Å². The van der Waals surface area contributed by atoms with Gasteiger partial charge < -0.3 is 14.5 Å². The van der Waals surface area contributed by atoms with Crippen LogP contribution in [0.3, 0.4) is 0 Å². The lowest BCUT2D eigenvalue weighted by atomic mass is 10.1. The Morgan fingerprint density at radius 1 is 1.10 bits per heavy atom. The number of rotatable bonds is 6. The molecule has 1 heterocycles. The Morgan fingerprint density at radius 2 is 1.81 bits per heavy atom. The van der Waals surface area contributed by atoms with E-state index in [4.69, 9.17) is 0 Å². The van der Waals surface area contributed by atoms with Gasteiger partial charge in [-0.25, -0.2) is 0 Å². The fourth-order valence-electron chi connectivity index (χ4n) is 2.22. The number of aryl methyl sites for hydroxylation is 1. The van der Waals surface area contributed by atoms with Crippen molar-refractivity contribution < 1.29 is 0 Å². The summed E-state index contributed by atoms with van der Waals surface area (Å²) in [5.41, 5.74) is 0.123. The summed E-state index contributed by atoms with van der Waals surface area (Å²) in [5, 5.41) is 3.43. The van der Waals surface area contributed by atoms with Gasteiger partial charge in [0.25, 0.3) is 0 Å². The Kier molecular flexibility index (Phi) is 5.11. The number of benzene rings is 1. The van der Waals surface area contributed by atoms with Gasteiger partial charge in [0.1, 0.15) is 0 Å². The van der Waals surface area contributed by atoms with Crippen LogP contribution in [-0.2, 0) is 13.6 Å². The number of hydrogen-bond donors (Lipinski definition) is 1. The molecule has 112 valence electrons. The molecule has 1 N–H and O–H groups in total. The third kappa shape index (κ3) is 3.70. The van der Waals surface area contributed by atoms with Crippen LogP contribution < -0.4 is 16.4 Å². The summed E-state index contributed by atoms with van der Waals surface area (Å²) in [5.74, 6) is 0. The molecule has 0 bridgehead atoms. The zero-order chi connectivity index (χ0) is 15.2. The van der Waals surface area contributed by atoms with E-state index in [1.54, 1.807) is 19.4 Å². The van der Waals surface area contributed by atoms with Crippen molar-refractivity contribution in [3.8, 4) is 0 Å². The molecule has 0 aliphatic carbocycles. The first-order valence-electron chi connectivity index (χ1n) is 7.18. The van der Waals surface area contributed by atoms with Gasteiger partial charge in [-0.2, -0.15) is 0 Å². The molecule has 5 nitrogen and oxygen atoms in total. The third-order valence-corrected chi connectivity index (χ3v) is 3.46. The van der Waals surface area contributed by atoms with Crippen molar-refractivity contribution in [1.29, 1.82) is 0 Å². The summed E-state index contributed by atoms with van der Waals surface area (Å²) in [6.45, 7) is 3.40. The lowest BCUT2D eigenvalue weighted by Crippen LogP contribution is -2.41. The number of nitrogens with one attached hydrogen (secondary N) is 1. The maximum Gasteiger partial charge on any atom is 0.316 e. The highest BCUT2D eigenvalue weighted by Gasteiger charge is 2.13. The SMILES string of the molecule is CCCNC(Cn1ccn(C)c(=O)c1=O)c1ccccc1. The van der Waals surface area contributed by atoms with Crippen molar-refractivity contribution in [3.63, 3.8) is 0 Å². The van der Waals surface area contributed by atoms with Crippen LogP contribution in [0.5, 0.6) is 0 Å². The van der Waals surface area contributed by atoms with Crippen LogP contribution in [0.4, 0.5) is 0 Å². The molecule has 1 atom stereocenters. The maximum atomic E-state index is 12.0. The molecule has 0 aliphatic rings. The van der Waals surface area contributed by atoms with Crippen molar-refractivity contribution in [1.82, 2.24) is 14.5 Å². The average molecular weight is 287 g/mol. The first-order valence-corrected chi connectivity index (χ1v) is 7.18. The second-order valence-electron chi connectivity index (χ2n) is 5.09. The molecular weight excluding hydrogens is 266 g/mol. The molecule has 21 heavy (non-hydrogen) atoms. The van der Waals surface area contributed by atoms with Gasteiger partial charge in [0.15, 0.2) is 0 Å². The van der Waals surface area contributed by atoms with Crippen molar-refractivity contribution in [3.05, 3.63) is 69.0 Å². The van der Waals surface area contributed by atoms with Gasteiger partial charge in [0, 0.05) is 26.0 Å². The highest BCUT2D eigenvalue weighted by molar-refractivity contribution is 5.18. The van der Waals surface area contributed by atoms with E-state index in [0.717, 1.165) is 18.5 Å². The predicted molar refractivity (Wildman–Crippen MR) is 83.4 cm³/mol. The third-order valence-electron chi connectivity index (χ3n) is 3.46. The quantitative estimate of drug-likeness (QED) is 0.815. The van der Waals surface area contributed by atoms with E-state index in [-0.39, 0.29) is 6.04 Å². The van der Waals surface area contributed by atoms with E-state index in [1.165, 1.54) is 9.13 Å². The molecule has 2 rings (SSSR count). The Labute approximate surface area is 123 Å². The molecule has 0 saturated carbocycles. The summed E-state index contributed by atoms with van der Waals surface area (Å²) in [7, 11) is 1.58. The minimum atomic E-state index is -0.500. The van der Waals surface area contributed by atoms with Gasteiger partial charge in [0.2, 0.25) is 0 Å². The lowest BCUT2D eigenvalue weighted by molar-refractivity contribution is 0.451. The Bertz CT molecular complexity index is 689. The molecule has 0 amide bonds. The van der Waals surface area contributed by atoms with Crippen molar-refractivity contribution in [2.75, 3.05) is 6.54 Å². The molecule has 1 aromatic heterocycles. The second-order valence-corrected chi connectivity index (χ2v) is 5.09. The molecule has 1 unspecified atom stereocenters. The van der Waals surface area contributed by atoms with Gasteiger partial charge in [-0.15, -0.1) is 0 Å². The average Bonchev–Trinajstić information content (AvgIpc) is 2.52. The van der Waals surface area contributed by atoms with Crippen LogP contribution in [0.1, 0.15) is 24.9 Å². The first kappa shape index (κ1) is 15.3. The fourth-order valence-corrected chi connectivity index (χ4v) is 2.22. The Morgan fingerprint density at radius 3 is 2.48 bits per heavy atom. The van der Waals surface area contributed by atoms with E-state index in [9.17, 15) is 9.59 Å². The molecule has 0 radical (unpaired) electrons. The van der Waals surface area contributed by atoms with E-state index >= 15 is 0 Å². The number of aromatic nitrogens is 2. The summed E-state index contributed by atoms with van der Waals surface area (Å²) in [6.07, 6.45) is 4.29. The maximum absolute atomic E-state index is 12.0. The van der Waals surface area contributed by atoms with Crippen LogP contribution in [-0.4, -0.2) is 15.7 Å². The fraction of sp³-hybridized carbons (Fsp3) is 0.375. The van der Waals surface area contributed by atoms with Gasteiger partial charge >= 0.3 is 11.1 Å². The van der Waals surface area contributed by atoms with Gasteiger partial charge in [0.05, 0.1) is 6.04 Å². The zero-order valence-corrected chi connectivity index (χ0v) is 12.5. The summed E-state index contributed by atoms with van der Waals surface area (Å²) in [4.78, 5) is 23.8. The molecule has 0 aliphatic heterocycles. The molecule has 5 heteroatoms. The van der Waals surface area contributed by atoms with E-state index in [0.29, 0.717) is 6.54 Å². The van der Waals surface area contributed by atoms with Crippen LogP contribution in [0.25, 0.3) is 0 Å². The monoisotopic (exact) mass is 287 g/mol. The molecule has 0 spiro atoms. The minimum absolute atomic E-state index is 0.0101. The highest BCUT2D eigenvalue weighted by atomic mass is 16.2. The van der Waals surface area contributed by atoms with Crippen molar-refractivity contribution >= 4 is 0 Å². The molecule has 2 aromatic rings. The molecule has 1 aromatic carbocycles. The topological polar surface area (TPSA) is 56.0 Å². The Hall–Kier alpha value is -2.14. The van der Waals surface area contributed by atoms with E-state index in [1.807, 2.05) is 30.3 Å².